The summed E-state index contributed by atoms with van der Waals surface area (Å²) in [4.78, 5) is 58.9. The predicted molar refractivity (Wildman–Crippen MR) is 215 cm³/mol. The number of nitrogens with zero attached hydrogens (tertiary/aromatic N) is 6. The summed E-state index contributed by atoms with van der Waals surface area (Å²) in [6, 6.07) is 28.2. The van der Waals surface area contributed by atoms with Gasteiger partial charge in [0, 0.05) is 25.8 Å². The van der Waals surface area contributed by atoms with Crippen LogP contribution in [0.5, 0.6) is 0 Å². The van der Waals surface area contributed by atoms with Crippen LogP contribution in [0.2, 0.25) is 0 Å². The van der Waals surface area contributed by atoms with E-state index in [1.54, 1.807) is 42.5 Å². The quantitative estimate of drug-likeness (QED) is 0.0844. The number of methoxy groups -OCH3 is 1. The van der Waals surface area contributed by atoms with Gasteiger partial charge in [0.15, 0.2) is 0 Å². The highest BCUT2D eigenvalue weighted by Crippen LogP contribution is 2.36. The molecule has 15 nitrogen and oxygen atoms in total. The second-order valence-corrected chi connectivity index (χ2v) is 14.4. The maximum absolute atomic E-state index is 13.9. The molecule has 4 atom stereocenters. The van der Waals surface area contributed by atoms with Crippen LogP contribution in [0.15, 0.2) is 109 Å². The van der Waals surface area contributed by atoms with E-state index in [0.717, 1.165) is 47.5 Å². The zero-order valence-corrected chi connectivity index (χ0v) is 31.9. The van der Waals surface area contributed by atoms with Gasteiger partial charge in [-0.15, -0.1) is 10.2 Å². The van der Waals surface area contributed by atoms with E-state index in [0.29, 0.717) is 48.0 Å². The molecule has 8 rings (SSSR count). The fourth-order valence-electron chi connectivity index (χ4n) is 7.92. The molecule has 0 bridgehead atoms. The summed E-state index contributed by atoms with van der Waals surface area (Å²) >= 11 is 0. The zero-order chi connectivity index (χ0) is 40.0. The minimum Gasteiger partial charge on any atom is -0.465 e. The number of imidazole rings is 2. The highest BCUT2D eigenvalue weighted by Gasteiger charge is 2.38. The van der Waals surface area contributed by atoms with E-state index in [1.807, 2.05) is 83.9 Å². The Hall–Kier alpha value is -6.71. The highest BCUT2D eigenvalue weighted by molar-refractivity contribution is 5.87. The van der Waals surface area contributed by atoms with Crippen molar-refractivity contribution in [2.45, 2.75) is 49.9 Å². The Labute approximate surface area is 334 Å². The number of rotatable bonds is 13. The van der Waals surface area contributed by atoms with Crippen molar-refractivity contribution >= 4 is 17.9 Å². The number of benzene rings is 3. The van der Waals surface area contributed by atoms with Gasteiger partial charge in [0.05, 0.1) is 48.3 Å². The molecule has 296 valence electrons. The highest BCUT2D eigenvalue weighted by atomic mass is 16.5. The summed E-state index contributed by atoms with van der Waals surface area (Å²) in [6.45, 7) is 1.39. The standard InChI is InChI=1S/C43H44N10O5/c1-58-26-46-37(29-10-4-2-5-11-29)41(54)52-22-8-14-35(52)39-44-24-33(47-39)28-18-16-27(17-19-28)31-20-21-32(51-50-31)34-25-45-40(48-34)36-15-9-23-53(36)42(55)38(49-43(56)57)30-12-6-3-7-13-30/h2-7,10-13,16-21,24-25,35-38,46,49H,8-9,14-15,22-23,26H2,1H3,(H,44,47)(H,45,48)(H,56,57)/t35-,36-,37+,38+/m0/s1. The zero-order valence-electron chi connectivity index (χ0n) is 31.9. The number of ether oxygens (including phenoxy) is 1. The molecule has 0 aliphatic carbocycles. The Morgan fingerprint density at radius 2 is 1.22 bits per heavy atom. The van der Waals surface area contributed by atoms with E-state index in [-0.39, 0.29) is 30.6 Å². The summed E-state index contributed by atoms with van der Waals surface area (Å²) in [6.07, 6.45) is 5.38. The van der Waals surface area contributed by atoms with Crippen LogP contribution in [0.4, 0.5) is 4.79 Å². The van der Waals surface area contributed by atoms with Crippen LogP contribution < -0.4 is 10.6 Å². The molecule has 0 unspecified atom stereocenters. The van der Waals surface area contributed by atoms with Crippen molar-refractivity contribution in [1.82, 2.24) is 50.6 Å². The summed E-state index contributed by atoms with van der Waals surface area (Å²) in [5.74, 6) is 1.03. The van der Waals surface area contributed by atoms with Crippen LogP contribution in [0.25, 0.3) is 33.9 Å². The first-order valence-electron chi connectivity index (χ1n) is 19.4. The van der Waals surface area contributed by atoms with Gasteiger partial charge in [-0.3, -0.25) is 14.9 Å². The van der Waals surface area contributed by atoms with Gasteiger partial charge in [-0.1, -0.05) is 84.9 Å². The fourth-order valence-corrected chi connectivity index (χ4v) is 7.92. The largest absolute Gasteiger partial charge is 0.465 e. The molecule has 2 aliphatic heterocycles. The molecule has 2 saturated heterocycles. The number of aromatic amines is 2. The second kappa shape index (κ2) is 17.2. The van der Waals surface area contributed by atoms with E-state index < -0.39 is 18.2 Å². The first-order chi connectivity index (χ1) is 28.4. The maximum atomic E-state index is 13.9. The number of hydrogen-bond acceptors (Lipinski definition) is 9. The van der Waals surface area contributed by atoms with Crippen molar-refractivity contribution in [2.24, 2.45) is 0 Å². The molecule has 0 saturated carbocycles. The number of carbonyl (C=O) groups excluding carboxylic acids is 2. The first kappa shape index (κ1) is 38.2. The molecule has 58 heavy (non-hydrogen) atoms. The Balaban J connectivity index is 0.925. The molecule has 15 heteroatoms. The first-order valence-corrected chi connectivity index (χ1v) is 19.4. The molecular weight excluding hydrogens is 737 g/mol. The number of aromatic nitrogens is 6. The van der Waals surface area contributed by atoms with Gasteiger partial charge in [0.1, 0.15) is 29.4 Å². The normalized spacial score (nSPS) is 17.6. The van der Waals surface area contributed by atoms with Crippen molar-refractivity contribution in [3.05, 3.63) is 132 Å². The number of amides is 3. The average Bonchev–Trinajstić information content (AvgIpc) is 4.11. The molecule has 3 aromatic heterocycles. The van der Waals surface area contributed by atoms with E-state index >= 15 is 0 Å². The van der Waals surface area contributed by atoms with Crippen LogP contribution in [-0.4, -0.2) is 89.9 Å². The average molecular weight is 781 g/mol. The van der Waals surface area contributed by atoms with Crippen molar-refractivity contribution in [3.8, 4) is 33.9 Å². The summed E-state index contributed by atoms with van der Waals surface area (Å²) in [7, 11) is 1.60. The van der Waals surface area contributed by atoms with Gasteiger partial charge in [-0.2, -0.15) is 0 Å². The van der Waals surface area contributed by atoms with E-state index in [9.17, 15) is 19.5 Å². The predicted octanol–water partition coefficient (Wildman–Crippen LogP) is 6.19. The van der Waals surface area contributed by atoms with Crippen LogP contribution in [0.1, 0.15) is 72.6 Å². The SMILES string of the molecule is COCN[C@@H](C(=O)N1CCC[C@H]1c1ncc(-c2ccc(-c3ccc(-c4cnc([C@@H]5CCCN5C(=O)[C@H](NC(=O)O)c5ccccc5)[nH]4)nn3)cc2)[nH]1)c1ccccc1. The van der Waals surface area contributed by atoms with Crippen LogP contribution in [0.3, 0.4) is 0 Å². The number of likely N-dealkylation sites (tertiary alicyclic amines) is 2. The lowest BCUT2D eigenvalue weighted by Crippen LogP contribution is -2.42. The number of nitrogens with one attached hydrogen (secondary N) is 4. The third kappa shape index (κ3) is 8.08. The minimum absolute atomic E-state index is 0.00921. The number of carbonyl (C=O) groups is 3. The Morgan fingerprint density at radius 1 is 0.707 bits per heavy atom. The Bertz CT molecular complexity index is 2330. The molecule has 0 radical (unpaired) electrons. The van der Waals surface area contributed by atoms with Gasteiger partial charge >= 0.3 is 6.09 Å². The number of H-pyrrole nitrogens is 2. The topological polar surface area (TPSA) is 194 Å². The van der Waals surface area contributed by atoms with Crippen molar-refractivity contribution < 1.29 is 24.2 Å². The molecule has 5 heterocycles. The Kier molecular flexibility index (Phi) is 11.3. The third-order valence-corrected chi connectivity index (χ3v) is 10.8. The molecule has 6 aromatic rings. The summed E-state index contributed by atoms with van der Waals surface area (Å²) in [5.41, 5.74) is 6.10. The van der Waals surface area contributed by atoms with Crippen LogP contribution >= 0.6 is 0 Å². The second-order valence-electron chi connectivity index (χ2n) is 14.4. The summed E-state index contributed by atoms with van der Waals surface area (Å²) in [5, 5.41) is 24.1. The lowest BCUT2D eigenvalue weighted by atomic mass is 10.1. The van der Waals surface area contributed by atoms with Crippen molar-refractivity contribution in [1.29, 1.82) is 0 Å². The van der Waals surface area contributed by atoms with Gasteiger partial charge in [-0.25, -0.2) is 14.8 Å². The molecular formula is C43H44N10O5. The molecule has 0 spiro atoms. The molecule has 2 fully saturated rings. The molecule has 3 amide bonds. The van der Waals surface area contributed by atoms with Gasteiger partial charge in [0.2, 0.25) is 5.91 Å². The third-order valence-electron chi connectivity index (χ3n) is 10.8. The molecule has 3 aromatic carbocycles. The van der Waals surface area contributed by atoms with E-state index in [4.69, 9.17) is 9.72 Å². The molecule has 2 aliphatic rings. The Morgan fingerprint density at radius 3 is 1.79 bits per heavy atom. The van der Waals surface area contributed by atoms with Crippen LogP contribution in [0, 0.1) is 0 Å². The lowest BCUT2D eigenvalue weighted by Gasteiger charge is -2.28. The minimum atomic E-state index is -1.27. The van der Waals surface area contributed by atoms with Crippen molar-refractivity contribution in [3.63, 3.8) is 0 Å². The van der Waals surface area contributed by atoms with E-state index in [2.05, 4.69) is 35.8 Å². The lowest BCUT2D eigenvalue weighted by molar-refractivity contribution is -0.135. The molecule has 5 N–H and O–H groups in total. The summed E-state index contributed by atoms with van der Waals surface area (Å²) < 4.78 is 5.24. The maximum Gasteiger partial charge on any atom is 0.405 e. The fraction of sp³-hybridized carbons (Fsp3) is 0.279. The van der Waals surface area contributed by atoms with Crippen molar-refractivity contribution in [2.75, 3.05) is 26.9 Å². The van der Waals surface area contributed by atoms with Gasteiger partial charge in [0.25, 0.3) is 5.91 Å². The van der Waals surface area contributed by atoms with E-state index in [1.165, 1.54) is 0 Å². The van der Waals surface area contributed by atoms with Gasteiger partial charge in [-0.05, 0) is 54.5 Å². The monoisotopic (exact) mass is 780 g/mol. The van der Waals surface area contributed by atoms with Crippen LogP contribution in [-0.2, 0) is 14.3 Å². The number of carboxylic acid groups (broad SMARTS) is 1. The smallest absolute Gasteiger partial charge is 0.405 e. The number of hydrogen-bond donors (Lipinski definition) is 5. The van der Waals surface area contributed by atoms with Gasteiger partial charge < -0.3 is 34.9 Å².